The van der Waals surface area contributed by atoms with E-state index in [1.54, 1.807) is 0 Å². The highest BCUT2D eigenvalue weighted by atomic mass is 35.5. The van der Waals surface area contributed by atoms with Gasteiger partial charge < -0.3 is 9.64 Å². The van der Waals surface area contributed by atoms with Crippen LogP contribution in [-0.2, 0) is 0 Å². The maximum atomic E-state index is 6.50. The number of hydrogen-bond acceptors (Lipinski definition) is 3. The van der Waals surface area contributed by atoms with Gasteiger partial charge in [0.05, 0.1) is 15.7 Å². The number of rotatable bonds is 7. The highest BCUT2D eigenvalue weighted by molar-refractivity contribution is 6.33. The minimum absolute atomic E-state index is 0.0444. The van der Waals surface area contributed by atoms with Crippen LogP contribution in [0.2, 0.25) is 10.0 Å². The third kappa shape index (κ3) is 5.58. The van der Waals surface area contributed by atoms with E-state index >= 15 is 0 Å². The van der Waals surface area contributed by atoms with Crippen LogP contribution in [0.4, 0.5) is 5.69 Å². The minimum atomic E-state index is -0.0444. The molecule has 1 aliphatic heterocycles. The van der Waals surface area contributed by atoms with E-state index in [9.17, 15) is 0 Å². The van der Waals surface area contributed by atoms with E-state index in [-0.39, 0.29) is 6.10 Å². The molecule has 0 aliphatic carbocycles. The van der Waals surface area contributed by atoms with Crippen LogP contribution in [0.1, 0.15) is 29.2 Å². The van der Waals surface area contributed by atoms with E-state index in [0.29, 0.717) is 5.02 Å². The van der Waals surface area contributed by atoms with Gasteiger partial charge in [-0.15, -0.1) is 0 Å². The summed E-state index contributed by atoms with van der Waals surface area (Å²) in [4.78, 5) is 4.89. The molecule has 3 nitrogen and oxygen atoms in total. The van der Waals surface area contributed by atoms with Crippen molar-refractivity contribution >= 4 is 28.9 Å². The van der Waals surface area contributed by atoms with Crippen LogP contribution in [0.5, 0.6) is 5.75 Å². The summed E-state index contributed by atoms with van der Waals surface area (Å²) in [5, 5.41) is 1.48. The van der Waals surface area contributed by atoms with Gasteiger partial charge in [0.15, 0.2) is 0 Å². The van der Waals surface area contributed by atoms with Crippen molar-refractivity contribution < 1.29 is 4.74 Å². The van der Waals surface area contributed by atoms with E-state index in [2.05, 4.69) is 54.0 Å². The fourth-order valence-corrected chi connectivity index (χ4v) is 4.72. The highest BCUT2D eigenvalue weighted by Gasteiger charge is 2.22. The number of aryl methyl sites for hydroxylation is 2. The summed E-state index contributed by atoms with van der Waals surface area (Å²) >= 11 is 12.8. The Morgan fingerprint density at radius 3 is 2.31 bits per heavy atom. The average molecular weight is 469 g/mol. The lowest BCUT2D eigenvalue weighted by Crippen LogP contribution is -2.47. The van der Waals surface area contributed by atoms with Gasteiger partial charge in [-0.1, -0.05) is 65.7 Å². The number of para-hydroxylation sites is 1. The molecule has 0 bridgehead atoms. The summed E-state index contributed by atoms with van der Waals surface area (Å²) in [7, 11) is 0. The van der Waals surface area contributed by atoms with Gasteiger partial charge in [0.1, 0.15) is 11.9 Å². The molecular weight excluding hydrogens is 439 g/mol. The van der Waals surface area contributed by atoms with Crippen LogP contribution in [0.15, 0.2) is 66.7 Å². The standard InChI is InChI=1S/C27H30Cl2N2O/c1-20-11-12-24(29)27(19-20)32-26(22-8-4-3-7-21(22)2)13-14-30-15-17-31(18-16-30)25-10-6-5-9-23(25)28/h3-12,19,26H,13-18H2,1-2H3/t26-/m0/s1. The molecule has 3 aromatic carbocycles. The van der Waals surface area contributed by atoms with E-state index in [1.165, 1.54) is 11.1 Å². The second kappa shape index (κ2) is 10.6. The van der Waals surface area contributed by atoms with Crippen LogP contribution < -0.4 is 9.64 Å². The molecule has 3 aromatic rings. The lowest BCUT2D eigenvalue weighted by Gasteiger charge is -2.37. The Kier molecular flexibility index (Phi) is 7.62. The maximum absolute atomic E-state index is 6.50. The van der Waals surface area contributed by atoms with Crippen LogP contribution in [0.25, 0.3) is 0 Å². The van der Waals surface area contributed by atoms with Crippen molar-refractivity contribution in [2.24, 2.45) is 0 Å². The first-order chi connectivity index (χ1) is 15.5. The number of hydrogen-bond donors (Lipinski definition) is 0. The van der Waals surface area contributed by atoms with Gasteiger partial charge in [-0.3, -0.25) is 4.90 Å². The lowest BCUT2D eigenvalue weighted by atomic mass is 10.0. The Morgan fingerprint density at radius 2 is 1.56 bits per heavy atom. The molecule has 1 atom stereocenters. The van der Waals surface area contributed by atoms with Gasteiger partial charge in [0, 0.05) is 39.1 Å². The molecular formula is C27H30Cl2N2O. The third-order valence-electron chi connectivity index (χ3n) is 6.16. The quantitative estimate of drug-likeness (QED) is 0.373. The summed E-state index contributed by atoms with van der Waals surface area (Å²) in [5.74, 6) is 0.753. The van der Waals surface area contributed by atoms with Crippen LogP contribution in [0, 0.1) is 13.8 Å². The fraction of sp³-hybridized carbons (Fsp3) is 0.333. The maximum Gasteiger partial charge on any atom is 0.139 e. The SMILES string of the molecule is Cc1ccc(Cl)c(O[C@@H](CCN2CCN(c3ccccc3Cl)CC2)c2ccccc2C)c1. The summed E-state index contributed by atoms with van der Waals surface area (Å²) in [6.45, 7) is 9.15. The molecule has 0 N–H and O–H groups in total. The van der Waals surface area contributed by atoms with Gasteiger partial charge in [-0.05, 0) is 54.8 Å². The van der Waals surface area contributed by atoms with E-state index in [0.717, 1.165) is 61.2 Å². The summed E-state index contributed by atoms with van der Waals surface area (Å²) in [5.41, 5.74) is 4.73. The molecule has 0 amide bonds. The molecule has 1 fully saturated rings. The molecule has 0 aromatic heterocycles. The van der Waals surface area contributed by atoms with E-state index in [4.69, 9.17) is 27.9 Å². The molecule has 1 aliphatic rings. The zero-order chi connectivity index (χ0) is 22.5. The van der Waals surface area contributed by atoms with Crippen LogP contribution in [0.3, 0.4) is 0 Å². The van der Waals surface area contributed by atoms with Gasteiger partial charge in [0.25, 0.3) is 0 Å². The zero-order valence-electron chi connectivity index (χ0n) is 18.7. The number of anilines is 1. The van der Waals surface area contributed by atoms with Crippen molar-refractivity contribution in [3.63, 3.8) is 0 Å². The molecule has 0 unspecified atom stereocenters. The van der Waals surface area contributed by atoms with Gasteiger partial charge in [-0.25, -0.2) is 0 Å². The molecule has 0 saturated carbocycles. The largest absolute Gasteiger partial charge is 0.484 e. The van der Waals surface area contributed by atoms with Crippen LogP contribution in [-0.4, -0.2) is 37.6 Å². The van der Waals surface area contributed by atoms with Crippen LogP contribution >= 0.6 is 23.2 Å². The second-order valence-corrected chi connectivity index (χ2v) is 9.28. The molecule has 32 heavy (non-hydrogen) atoms. The second-order valence-electron chi connectivity index (χ2n) is 8.47. The Hall–Kier alpha value is -2.20. The predicted octanol–water partition coefficient (Wildman–Crippen LogP) is 6.94. The lowest BCUT2D eigenvalue weighted by molar-refractivity contribution is 0.159. The first-order valence-electron chi connectivity index (χ1n) is 11.2. The van der Waals surface area contributed by atoms with Crippen molar-refractivity contribution in [3.8, 4) is 5.75 Å². The first kappa shape index (κ1) is 23.0. The highest BCUT2D eigenvalue weighted by Crippen LogP contribution is 2.33. The van der Waals surface area contributed by atoms with Gasteiger partial charge >= 0.3 is 0 Å². The average Bonchev–Trinajstić information content (AvgIpc) is 2.80. The first-order valence-corrected chi connectivity index (χ1v) is 12.0. The number of benzene rings is 3. The topological polar surface area (TPSA) is 15.7 Å². The zero-order valence-corrected chi connectivity index (χ0v) is 20.2. The molecule has 1 heterocycles. The third-order valence-corrected chi connectivity index (χ3v) is 6.80. The number of halogens is 2. The molecule has 168 valence electrons. The van der Waals surface area contributed by atoms with Crippen molar-refractivity contribution in [2.75, 3.05) is 37.6 Å². The minimum Gasteiger partial charge on any atom is -0.484 e. The van der Waals surface area contributed by atoms with Gasteiger partial charge in [-0.2, -0.15) is 0 Å². The number of ether oxygens (including phenoxy) is 1. The predicted molar refractivity (Wildman–Crippen MR) is 135 cm³/mol. The monoisotopic (exact) mass is 468 g/mol. The van der Waals surface area contributed by atoms with Crippen molar-refractivity contribution in [1.29, 1.82) is 0 Å². The van der Waals surface area contributed by atoms with Crippen molar-refractivity contribution in [1.82, 2.24) is 4.90 Å². The summed E-state index contributed by atoms with van der Waals surface area (Å²) in [6, 6.07) is 22.5. The Labute approximate surface area is 201 Å². The Balaban J connectivity index is 1.42. The van der Waals surface area contributed by atoms with E-state index in [1.807, 2.05) is 36.4 Å². The molecule has 4 rings (SSSR count). The van der Waals surface area contributed by atoms with E-state index < -0.39 is 0 Å². The smallest absolute Gasteiger partial charge is 0.139 e. The molecule has 0 radical (unpaired) electrons. The Bertz CT molecular complexity index is 1050. The molecule has 5 heteroatoms. The summed E-state index contributed by atoms with van der Waals surface area (Å²) < 4.78 is 6.50. The number of piperazine rings is 1. The normalized spacial score (nSPS) is 15.6. The van der Waals surface area contributed by atoms with Crippen molar-refractivity contribution in [3.05, 3.63) is 93.5 Å². The summed E-state index contributed by atoms with van der Waals surface area (Å²) in [6.07, 6.45) is 0.860. The fourth-order valence-electron chi connectivity index (χ4n) is 4.30. The van der Waals surface area contributed by atoms with Gasteiger partial charge in [0.2, 0.25) is 0 Å². The molecule has 0 spiro atoms. The molecule has 1 saturated heterocycles. The Morgan fingerprint density at radius 1 is 0.844 bits per heavy atom. The number of nitrogens with zero attached hydrogens (tertiary/aromatic N) is 2. The van der Waals surface area contributed by atoms with Crippen molar-refractivity contribution in [2.45, 2.75) is 26.4 Å².